The van der Waals surface area contributed by atoms with Crippen LogP contribution >= 0.6 is 0 Å². The Morgan fingerprint density at radius 1 is 1.00 bits per heavy atom. The highest BCUT2D eigenvalue weighted by Gasteiger charge is 2.42. The maximum absolute atomic E-state index is 12.4. The highest BCUT2D eigenvalue weighted by molar-refractivity contribution is 6.05. The normalized spacial score (nSPS) is 17.1. The van der Waals surface area contributed by atoms with Gasteiger partial charge in [-0.2, -0.15) is 4.99 Å². The van der Waals surface area contributed by atoms with E-state index in [-0.39, 0.29) is 24.9 Å². The van der Waals surface area contributed by atoms with Crippen LogP contribution in [0, 0.1) is 0 Å². The van der Waals surface area contributed by atoms with Crippen molar-refractivity contribution >= 4 is 23.4 Å². The van der Waals surface area contributed by atoms with Crippen molar-refractivity contribution in [1.82, 2.24) is 15.0 Å². The van der Waals surface area contributed by atoms with E-state index in [1.807, 2.05) is 47.4 Å². The van der Waals surface area contributed by atoms with E-state index in [1.54, 1.807) is 18.3 Å². The lowest BCUT2D eigenvalue weighted by Crippen LogP contribution is -2.58. The molecule has 2 aromatic carbocycles. The number of aromatic nitrogens is 3. The minimum absolute atomic E-state index is 0.0269. The van der Waals surface area contributed by atoms with E-state index in [2.05, 4.69) is 15.3 Å². The standard InChI is InChI=1S/C25H28N8O2/c26-23-28-24(27)33(25(29-23)13-5-2-6-14-25)20-9-11-21(12-10-20)35-17-19-15-32(31-30-19)16-22(34)18-7-3-1-4-8-18/h1,3-4,7-12,15H,2,5-6,13-14,16-17H2,(H4,26,27,28,29). The molecular weight excluding hydrogens is 444 g/mol. The Labute approximate surface area is 203 Å². The average molecular weight is 473 g/mol. The second-order valence-electron chi connectivity index (χ2n) is 8.80. The minimum atomic E-state index is -0.480. The van der Waals surface area contributed by atoms with Crippen LogP contribution in [0.4, 0.5) is 5.69 Å². The van der Waals surface area contributed by atoms with Gasteiger partial charge in [0.05, 0.1) is 6.20 Å². The fourth-order valence-corrected chi connectivity index (χ4v) is 4.69. The molecule has 35 heavy (non-hydrogen) atoms. The fraction of sp³-hybridized carbons (Fsp3) is 0.320. The first kappa shape index (κ1) is 22.6. The number of nitrogens with zero attached hydrogens (tertiary/aromatic N) is 6. The van der Waals surface area contributed by atoms with Gasteiger partial charge < -0.3 is 16.2 Å². The molecule has 1 spiro atoms. The Morgan fingerprint density at radius 3 is 2.49 bits per heavy atom. The largest absolute Gasteiger partial charge is 0.487 e. The molecule has 5 rings (SSSR count). The van der Waals surface area contributed by atoms with E-state index in [0.29, 0.717) is 23.0 Å². The first-order valence-corrected chi connectivity index (χ1v) is 11.7. The monoisotopic (exact) mass is 472 g/mol. The van der Waals surface area contributed by atoms with Crippen molar-refractivity contribution in [2.75, 3.05) is 4.90 Å². The highest BCUT2D eigenvalue weighted by atomic mass is 16.5. The summed E-state index contributed by atoms with van der Waals surface area (Å²) in [6.45, 7) is 0.357. The smallest absolute Gasteiger partial charge is 0.220 e. The van der Waals surface area contributed by atoms with Crippen LogP contribution in [-0.2, 0) is 13.2 Å². The third-order valence-electron chi connectivity index (χ3n) is 6.32. The van der Waals surface area contributed by atoms with Crippen molar-refractivity contribution < 1.29 is 9.53 Å². The van der Waals surface area contributed by atoms with E-state index >= 15 is 0 Å². The summed E-state index contributed by atoms with van der Waals surface area (Å²) < 4.78 is 7.41. The third kappa shape index (κ3) is 4.86. The van der Waals surface area contributed by atoms with E-state index in [9.17, 15) is 4.79 Å². The lowest BCUT2D eigenvalue weighted by molar-refractivity contribution is 0.0967. The van der Waals surface area contributed by atoms with Crippen LogP contribution in [0.15, 0.2) is 70.8 Å². The van der Waals surface area contributed by atoms with Gasteiger partial charge in [-0.15, -0.1) is 5.10 Å². The molecule has 1 aromatic heterocycles. The summed E-state index contributed by atoms with van der Waals surface area (Å²) in [6.07, 6.45) is 6.79. The predicted molar refractivity (Wildman–Crippen MR) is 133 cm³/mol. The van der Waals surface area contributed by atoms with Crippen LogP contribution in [0.2, 0.25) is 0 Å². The van der Waals surface area contributed by atoms with Crippen LogP contribution in [0.3, 0.4) is 0 Å². The highest BCUT2D eigenvalue weighted by Crippen LogP contribution is 2.39. The molecule has 0 atom stereocenters. The van der Waals surface area contributed by atoms with Crippen LogP contribution in [0.1, 0.15) is 48.2 Å². The molecule has 10 nitrogen and oxygen atoms in total. The van der Waals surface area contributed by atoms with E-state index in [0.717, 1.165) is 31.4 Å². The van der Waals surface area contributed by atoms with Gasteiger partial charge in [0.1, 0.15) is 30.3 Å². The first-order chi connectivity index (χ1) is 17.0. The van der Waals surface area contributed by atoms with Crippen LogP contribution in [0.5, 0.6) is 5.75 Å². The van der Waals surface area contributed by atoms with Gasteiger partial charge >= 0.3 is 0 Å². The molecule has 0 saturated heterocycles. The number of ether oxygens (including phenoxy) is 1. The number of benzene rings is 2. The molecule has 180 valence electrons. The second-order valence-corrected chi connectivity index (χ2v) is 8.80. The van der Waals surface area contributed by atoms with Gasteiger partial charge in [0.25, 0.3) is 0 Å². The molecule has 1 aliphatic heterocycles. The van der Waals surface area contributed by atoms with Crippen LogP contribution < -0.4 is 21.1 Å². The number of anilines is 1. The maximum atomic E-state index is 12.4. The van der Waals surface area contributed by atoms with Gasteiger partial charge in [0.2, 0.25) is 11.9 Å². The SMILES string of the molecule is NC1=NC2(CCCCC2)N(c2ccc(OCc3cn(CC(=O)c4ccccc4)nn3)cc2)C(N)=N1. The van der Waals surface area contributed by atoms with Gasteiger partial charge in [-0.05, 0) is 49.9 Å². The van der Waals surface area contributed by atoms with Crippen LogP contribution in [0.25, 0.3) is 0 Å². The lowest BCUT2D eigenvalue weighted by atomic mass is 9.87. The topological polar surface area (TPSA) is 137 Å². The number of nitrogens with two attached hydrogens (primary N) is 2. The van der Waals surface area contributed by atoms with Gasteiger partial charge in [-0.1, -0.05) is 42.0 Å². The summed E-state index contributed by atoms with van der Waals surface area (Å²) in [5.74, 6) is 1.24. The van der Waals surface area contributed by atoms with Crippen LogP contribution in [-0.4, -0.2) is 38.4 Å². The van der Waals surface area contributed by atoms with Crippen molar-refractivity contribution in [2.24, 2.45) is 21.5 Å². The van der Waals surface area contributed by atoms with Crippen molar-refractivity contribution in [3.63, 3.8) is 0 Å². The number of ketones is 1. The van der Waals surface area contributed by atoms with Crippen molar-refractivity contribution in [3.8, 4) is 5.75 Å². The molecule has 1 saturated carbocycles. The molecule has 0 amide bonds. The van der Waals surface area contributed by atoms with Gasteiger partial charge in [0, 0.05) is 11.3 Å². The van der Waals surface area contributed by atoms with Crippen molar-refractivity contribution in [3.05, 3.63) is 72.1 Å². The number of hydrogen-bond acceptors (Lipinski definition) is 9. The zero-order valence-corrected chi connectivity index (χ0v) is 19.4. The number of rotatable bonds is 7. The lowest BCUT2D eigenvalue weighted by Gasteiger charge is -2.45. The van der Waals surface area contributed by atoms with E-state index < -0.39 is 5.66 Å². The summed E-state index contributed by atoms with van der Waals surface area (Å²) in [5, 5.41) is 8.15. The summed E-state index contributed by atoms with van der Waals surface area (Å²) in [6, 6.07) is 16.8. The molecule has 2 aliphatic rings. The summed E-state index contributed by atoms with van der Waals surface area (Å²) >= 11 is 0. The molecule has 2 heterocycles. The Bertz CT molecular complexity index is 1240. The zero-order valence-electron chi connectivity index (χ0n) is 19.4. The molecule has 1 fully saturated rings. The summed E-state index contributed by atoms with van der Waals surface area (Å²) in [5.41, 5.74) is 13.9. The maximum Gasteiger partial charge on any atom is 0.220 e. The Balaban J connectivity index is 1.22. The number of hydrogen-bond donors (Lipinski definition) is 2. The molecule has 1 aliphatic carbocycles. The molecule has 0 bridgehead atoms. The Hall–Kier alpha value is -4.21. The van der Waals surface area contributed by atoms with E-state index in [1.165, 1.54) is 11.1 Å². The summed E-state index contributed by atoms with van der Waals surface area (Å²) in [4.78, 5) is 23.3. The molecule has 0 unspecified atom stereocenters. The molecule has 10 heteroatoms. The number of Topliss-reactive ketones (excluding diaryl/α,β-unsaturated/α-hetero) is 1. The van der Waals surface area contributed by atoms with Gasteiger partial charge in [0.15, 0.2) is 5.78 Å². The number of guanidine groups is 2. The quantitative estimate of drug-likeness (QED) is 0.504. The molecule has 3 aromatic rings. The Kier molecular flexibility index (Phi) is 6.17. The fourth-order valence-electron chi connectivity index (χ4n) is 4.69. The third-order valence-corrected chi connectivity index (χ3v) is 6.32. The van der Waals surface area contributed by atoms with Crippen molar-refractivity contribution in [1.29, 1.82) is 0 Å². The van der Waals surface area contributed by atoms with Gasteiger partial charge in [-0.3, -0.25) is 9.69 Å². The molecule has 0 radical (unpaired) electrons. The average Bonchev–Trinajstić information content (AvgIpc) is 3.31. The Morgan fingerprint density at radius 2 is 1.74 bits per heavy atom. The number of carbonyl (C=O) groups excluding carboxylic acids is 1. The first-order valence-electron chi connectivity index (χ1n) is 11.7. The van der Waals surface area contributed by atoms with E-state index in [4.69, 9.17) is 21.2 Å². The van der Waals surface area contributed by atoms with Crippen molar-refractivity contribution in [2.45, 2.75) is 50.9 Å². The molecular formula is C25H28N8O2. The van der Waals surface area contributed by atoms with Gasteiger partial charge in [-0.25, -0.2) is 9.67 Å². The summed E-state index contributed by atoms with van der Waals surface area (Å²) in [7, 11) is 0. The second kappa shape index (κ2) is 9.57. The zero-order chi connectivity index (χ0) is 24.3. The number of aliphatic imine (C=N–C) groups is 2. The number of carbonyl (C=O) groups is 1. The minimum Gasteiger partial charge on any atom is -0.487 e. The molecule has 4 N–H and O–H groups in total. The predicted octanol–water partition coefficient (Wildman–Crippen LogP) is 2.85.